The Balaban J connectivity index is 5.76. The second kappa shape index (κ2) is 74.8. The molecule has 0 aliphatic rings. The predicted molar refractivity (Wildman–Crippen MR) is 1010 cm³/mol. The minimum atomic E-state index is -0.626. The molecule has 0 nitrogen and oxygen atoms in total. The summed E-state index contributed by atoms with van der Waals surface area (Å²) in [6, 6.07) is 0. The first-order valence-corrected chi connectivity index (χ1v) is 456. The molecule has 0 aromatic carbocycles. The molecule has 0 aliphatic heterocycles. The van der Waals surface area contributed by atoms with Gasteiger partial charge in [-0.15, -0.1) is 0 Å². The number of hydrogen-bond acceptors (Lipinski definition) is 0. The third kappa shape index (κ3) is 50.9. The molecule has 0 fully saturated rings. The van der Waals surface area contributed by atoms with E-state index in [9.17, 15) is 0 Å². The number of halogens is 72. The zero-order valence-electron chi connectivity index (χ0n) is 27.2. The topological polar surface area (TPSA) is 0 Å². The quantitative estimate of drug-likeness (QED) is 0.0564. The molecule has 0 amide bonds. The molecule has 0 atom stereocenters. The third-order valence-corrected chi connectivity index (χ3v) is 5620. The Bertz CT molecular complexity index is 1300. The Kier molecular flexibility index (Phi) is 129. The van der Waals surface area contributed by atoms with E-state index in [1.807, 2.05) is 0 Å². The summed E-state index contributed by atoms with van der Waals surface area (Å²) >= 11 is 123. The fourth-order valence-corrected chi connectivity index (χ4v) is 13800. The minimum absolute atomic E-state index is 0.480. The Morgan fingerprint density at radius 1 is 0.0694 bits per heavy atom. The fraction of sp³-hybridized carbons (Fsp3) is 0. The van der Waals surface area contributed by atoms with Crippen LogP contribution in [0.15, 0.2) is 0 Å². The molecule has 72 heteroatoms. The zero-order valence-corrected chi connectivity index (χ0v) is 183. The zero-order chi connectivity index (χ0) is 57.2. The van der Waals surface area contributed by atoms with Crippen molar-refractivity contribution in [2.24, 2.45) is 0 Å². The van der Waals surface area contributed by atoms with E-state index in [2.05, 4.69) is 689 Å². The van der Waals surface area contributed by atoms with E-state index < -0.39 is 276 Å². The number of rotatable bonds is 34. The molecule has 0 aromatic rings. The number of hydrogen-bond donors (Lipinski definition) is 0. The van der Waals surface area contributed by atoms with Crippen molar-refractivity contribution in [3.05, 3.63) is 0 Å². The third-order valence-electron chi connectivity index (χ3n) is 2.78. The second-order valence-corrected chi connectivity index (χ2v) is 1710. The first-order valence-electron chi connectivity index (χ1n) is 10.1. The van der Waals surface area contributed by atoms with Gasteiger partial charge in [-0.05, 0) is 0 Å². The van der Waals surface area contributed by atoms with Crippen LogP contribution in [-0.2, 0) is 0 Å². The van der Waals surface area contributed by atoms with Gasteiger partial charge >= 0.3 is 965 Å². The van der Waals surface area contributed by atoms with Crippen LogP contribution in [0.25, 0.3) is 0 Å². The molecule has 0 spiro atoms. The molecule has 0 rings (SSSR count). The van der Waals surface area contributed by atoms with Crippen molar-refractivity contribution >= 4 is 965 Å². The van der Waals surface area contributed by atoms with Crippen LogP contribution < -0.4 is 0 Å². The van der Waals surface area contributed by atoms with Gasteiger partial charge in [-0.25, -0.2) is 0 Å². The van der Waals surface area contributed by atoms with E-state index >= 15 is 0 Å². The normalized spacial score (nSPS) is 19.0. The van der Waals surface area contributed by atoms with Crippen molar-refractivity contribution < 1.29 is 0 Å². The molecule has 0 saturated heterocycles. The second-order valence-electron chi connectivity index (χ2n) is 5.67. The molecule has 0 saturated carbocycles. The Hall–Kier alpha value is 52.6. The predicted octanol–water partition coefficient (Wildman–Crippen LogP) is 63.8. The van der Waals surface area contributed by atoms with Crippen LogP contribution in [0.5, 0.6) is 0 Å². The summed E-state index contributed by atoms with van der Waals surface area (Å²) in [5.41, 5.74) is 0. The van der Waals surface area contributed by atoms with Crippen molar-refractivity contribution in [1.29, 1.82) is 0 Å². The van der Waals surface area contributed by atoms with Gasteiger partial charge < -0.3 is 0 Å². The Labute approximate surface area is 906 Å². The van der Waals surface area contributed by atoms with Crippen LogP contribution in [0.1, 0.15) is 0 Å². The summed E-state index contributed by atoms with van der Waals surface area (Å²) in [6.45, 7) is 0. The Morgan fingerprint density at radius 3 is 0.153 bits per heavy atom. The van der Waals surface area contributed by atoms with Crippen LogP contribution >= 0.6 is 965 Å². The van der Waals surface area contributed by atoms with Gasteiger partial charge in [-0.3, -0.25) is 0 Å². The molecule has 0 bridgehead atoms. The van der Waals surface area contributed by atoms with Gasteiger partial charge in [0.1, 0.15) is 0 Å². The van der Waals surface area contributed by atoms with Crippen molar-refractivity contribution in [3.8, 4) is 0 Å². The summed E-state index contributed by atoms with van der Waals surface area (Å²) in [4.78, 5) is 0. The van der Waals surface area contributed by atoms with Gasteiger partial charge in [0.05, 0.1) is 0 Å². The van der Waals surface area contributed by atoms with E-state index in [0.29, 0.717) is 0 Å². The Morgan fingerprint density at radius 2 is 0.111 bits per heavy atom. The molecule has 0 N–H and O–H groups in total. The first kappa shape index (κ1) is 125. The van der Waals surface area contributed by atoms with Gasteiger partial charge in [0, 0.05) is 0 Å². The van der Waals surface area contributed by atoms with E-state index in [1.54, 1.807) is 0 Å². The van der Waals surface area contributed by atoms with Crippen molar-refractivity contribution in [2.45, 2.75) is 0 Å². The van der Waals surface area contributed by atoms with Crippen molar-refractivity contribution in [3.63, 3.8) is 0 Å². The maximum absolute atomic E-state index is 3.44. The van der Waals surface area contributed by atoms with E-state index in [-0.39, 0.29) is 0 Å². The molecule has 0 aromatic heterocycles. The molecule has 72 heavy (non-hydrogen) atoms. The first-order chi connectivity index (χ1) is 32.7. The van der Waals surface area contributed by atoms with E-state index in [4.69, 9.17) is 0 Å². The van der Waals surface area contributed by atoms with Crippen LogP contribution in [0.4, 0.5) is 0 Å². The fourth-order valence-electron chi connectivity index (χ4n) is 1.02. The van der Waals surface area contributed by atoms with Gasteiger partial charge in [0.25, 0.3) is 0 Å². The summed E-state index contributed by atoms with van der Waals surface area (Å²) in [7, 11) is -20.3. The summed E-state index contributed by atoms with van der Waals surface area (Å²) in [5, 5.41) is 0. The maximum atomic E-state index is 3.44. The molecule has 0 heterocycles. The molecule has 504 valence electrons. The average Bonchev–Trinajstić information content (AvgIpc) is 3.37. The van der Waals surface area contributed by atoms with Gasteiger partial charge in [-0.1, -0.05) is 0 Å². The molecular formula is I72. The van der Waals surface area contributed by atoms with Crippen molar-refractivity contribution in [2.75, 3.05) is 0 Å². The summed E-state index contributed by atoms with van der Waals surface area (Å²) in [5.74, 6) is 0. The van der Waals surface area contributed by atoms with Crippen LogP contribution in [0.3, 0.4) is 0 Å². The van der Waals surface area contributed by atoms with E-state index in [0.717, 1.165) is 0 Å². The molecule has 0 unspecified atom stereocenters. The van der Waals surface area contributed by atoms with Crippen LogP contribution in [0, 0.1) is 0 Å². The average molecular weight is 9140 g/mol. The van der Waals surface area contributed by atoms with Gasteiger partial charge in [-0.2, -0.15) is 0 Å². The summed E-state index contributed by atoms with van der Waals surface area (Å²) in [6.07, 6.45) is 0. The summed E-state index contributed by atoms with van der Waals surface area (Å²) < 4.78 is 0. The SMILES string of the molecule is II(I)I(I)I(I)I(I)I(I)I(I)I(I)I(I)I(I)I(I)I(I)I(I)I(I)I(I)I(I)I(I)I(I)I(I)I(I)I(I)I(I)I(I)I(I)I(I)I(I)I(I)I(I)I(I)I(I)I(I)I(I)I(I)I(I)I(I)I(I)I. The van der Waals surface area contributed by atoms with Gasteiger partial charge in [0.15, 0.2) is 0 Å². The monoisotopic (exact) mass is 9140 g/mol. The van der Waals surface area contributed by atoms with Crippen molar-refractivity contribution in [1.82, 2.24) is 0 Å². The standard InChI is InChI=1S/I72/c1-38(2)40(5)42(7)44(9)46(11)48(13)50(15)52(17)54(19)56(21)58(23)60(25)62(27)64(29)66(31)68(33)70(35)72(37)71(36)69(34)67(32)65(30)63(28)61(26)59(24)57(22)55(20)53(18)51(16)49(14)47(12)45(10)43(8)41(6)39(3)4. The molecular weight excluding hydrogens is 9140 g/mol. The van der Waals surface area contributed by atoms with E-state index in [1.165, 1.54) is 0 Å². The van der Waals surface area contributed by atoms with Crippen LogP contribution in [0.2, 0.25) is 0 Å². The van der Waals surface area contributed by atoms with Crippen LogP contribution in [-0.4, -0.2) is 0 Å². The molecule has 0 aliphatic carbocycles. The molecule has 0 radical (unpaired) electrons. The van der Waals surface area contributed by atoms with Gasteiger partial charge in [0.2, 0.25) is 0 Å².